The van der Waals surface area contributed by atoms with Crippen LogP contribution in [0.5, 0.6) is 0 Å². The molecule has 0 aromatic carbocycles. The van der Waals surface area contributed by atoms with Crippen LogP contribution in [0.1, 0.15) is 31.5 Å². The van der Waals surface area contributed by atoms with Crippen molar-refractivity contribution in [2.75, 3.05) is 0 Å². The molecule has 2 rings (SSSR count). The summed E-state index contributed by atoms with van der Waals surface area (Å²) in [6, 6.07) is 0.296. The van der Waals surface area contributed by atoms with Crippen LogP contribution in [-0.4, -0.2) is 24.7 Å². The van der Waals surface area contributed by atoms with Gasteiger partial charge >= 0.3 is 0 Å². The van der Waals surface area contributed by atoms with E-state index in [0.29, 0.717) is 6.04 Å². The van der Waals surface area contributed by atoms with E-state index in [-0.39, 0.29) is 0 Å². The summed E-state index contributed by atoms with van der Waals surface area (Å²) >= 11 is 0. The van der Waals surface area contributed by atoms with Gasteiger partial charge in [-0.1, -0.05) is 0 Å². The Bertz CT molecular complexity index is 466. The normalized spacial score (nSPS) is 11.3. The molecule has 0 spiro atoms. The quantitative estimate of drug-likeness (QED) is 0.814. The highest BCUT2D eigenvalue weighted by molar-refractivity contribution is 5.48. The summed E-state index contributed by atoms with van der Waals surface area (Å²) in [5.74, 6) is 2.52. The smallest absolute Gasteiger partial charge is 0.176 e. The molecule has 0 saturated heterocycles. The summed E-state index contributed by atoms with van der Waals surface area (Å²) < 4.78 is 1.91. The van der Waals surface area contributed by atoms with Gasteiger partial charge in [-0.05, 0) is 27.7 Å². The number of rotatable bonds is 2. The van der Waals surface area contributed by atoms with Crippen LogP contribution >= 0.6 is 0 Å². The van der Waals surface area contributed by atoms with Crippen molar-refractivity contribution < 1.29 is 0 Å². The highest BCUT2D eigenvalue weighted by Crippen LogP contribution is 2.18. The van der Waals surface area contributed by atoms with Crippen LogP contribution in [0.25, 0.3) is 11.5 Å². The molecule has 2 aromatic heterocycles. The Morgan fingerprint density at radius 2 is 2.07 bits per heavy atom. The van der Waals surface area contributed by atoms with E-state index in [4.69, 9.17) is 0 Å². The third-order valence-corrected chi connectivity index (χ3v) is 2.17. The average molecular weight is 205 g/mol. The van der Waals surface area contributed by atoms with E-state index >= 15 is 0 Å². The molecule has 0 aliphatic carbocycles. The highest BCUT2D eigenvalue weighted by atomic mass is 15.4. The third kappa shape index (κ3) is 1.77. The molecular weight excluding hydrogens is 190 g/mol. The second-order valence-corrected chi connectivity index (χ2v) is 3.90. The van der Waals surface area contributed by atoms with Gasteiger partial charge in [0, 0.05) is 6.04 Å². The second kappa shape index (κ2) is 3.49. The molecule has 0 bridgehead atoms. The fraction of sp³-hybridized carbons (Fsp3) is 0.500. The third-order valence-electron chi connectivity index (χ3n) is 2.17. The van der Waals surface area contributed by atoms with Gasteiger partial charge in [-0.2, -0.15) is 5.10 Å². The predicted octanol–water partition coefficient (Wildman–Crippen LogP) is 1.87. The molecule has 1 N–H and O–H groups in total. The minimum absolute atomic E-state index is 0.296. The molecule has 15 heavy (non-hydrogen) atoms. The van der Waals surface area contributed by atoms with Gasteiger partial charge in [-0.15, -0.1) is 0 Å². The lowest BCUT2D eigenvalue weighted by molar-refractivity contribution is 0.534. The molecule has 0 saturated carbocycles. The molecule has 0 unspecified atom stereocenters. The van der Waals surface area contributed by atoms with E-state index in [1.54, 1.807) is 6.20 Å². The molecule has 0 aliphatic rings. The molecular formula is C10H15N5. The zero-order chi connectivity index (χ0) is 11.0. The second-order valence-electron chi connectivity index (χ2n) is 3.90. The Hall–Kier alpha value is -1.65. The Morgan fingerprint density at radius 3 is 2.60 bits per heavy atom. The average Bonchev–Trinajstić information content (AvgIpc) is 2.71. The van der Waals surface area contributed by atoms with E-state index in [0.717, 1.165) is 23.2 Å². The van der Waals surface area contributed by atoms with Crippen molar-refractivity contribution in [3.05, 3.63) is 17.8 Å². The Morgan fingerprint density at radius 1 is 1.33 bits per heavy atom. The van der Waals surface area contributed by atoms with Crippen molar-refractivity contribution in [1.82, 2.24) is 24.7 Å². The monoisotopic (exact) mass is 205 g/mol. The summed E-state index contributed by atoms with van der Waals surface area (Å²) in [6.45, 7) is 7.99. The van der Waals surface area contributed by atoms with Gasteiger partial charge < -0.3 is 4.98 Å². The van der Waals surface area contributed by atoms with Crippen molar-refractivity contribution >= 4 is 0 Å². The summed E-state index contributed by atoms with van der Waals surface area (Å²) in [4.78, 5) is 11.7. The van der Waals surface area contributed by atoms with Crippen molar-refractivity contribution in [1.29, 1.82) is 0 Å². The zero-order valence-electron chi connectivity index (χ0n) is 9.44. The summed E-state index contributed by atoms with van der Waals surface area (Å²) in [7, 11) is 0. The number of H-pyrrole nitrogens is 1. The fourth-order valence-corrected chi connectivity index (χ4v) is 1.51. The van der Waals surface area contributed by atoms with Gasteiger partial charge in [-0.3, -0.25) is 0 Å². The molecule has 0 radical (unpaired) electrons. The van der Waals surface area contributed by atoms with Crippen molar-refractivity contribution in [3.63, 3.8) is 0 Å². The van der Waals surface area contributed by atoms with Crippen LogP contribution in [0, 0.1) is 13.8 Å². The maximum Gasteiger partial charge on any atom is 0.176 e. The predicted molar refractivity (Wildman–Crippen MR) is 57.5 cm³/mol. The van der Waals surface area contributed by atoms with Gasteiger partial charge in [-0.25, -0.2) is 14.6 Å². The molecule has 0 fully saturated rings. The molecule has 0 aliphatic heterocycles. The molecule has 5 nitrogen and oxygen atoms in total. The largest absolute Gasteiger partial charge is 0.340 e. The number of nitrogens with zero attached hydrogens (tertiary/aromatic N) is 4. The summed E-state index contributed by atoms with van der Waals surface area (Å²) in [5, 5.41) is 4.35. The maximum absolute atomic E-state index is 4.40. The van der Waals surface area contributed by atoms with E-state index in [2.05, 4.69) is 33.9 Å². The van der Waals surface area contributed by atoms with E-state index in [1.807, 2.05) is 18.5 Å². The SMILES string of the molecule is Cc1nc(-c2cnc(C)[nH]2)n(C(C)C)n1. The van der Waals surface area contributed by atoms with Gasteiger partial charge in [0.15, 0.2) is 5.82 Å². The van der Waals surface area contributed by atoms with Gasteiger partial charge in [0.25, 0.3) is 0 Å². The van der Waals surface area contributed by atoms with E-state index in [9.17, 15) is 0 Å². The molecule has 0 atom stereocenters. The highest BCUT2D eigenvalue weighted by Gasteiger charge is 2.13. The minimum atomic E-state index is 0.296. The first-order valence-corrected chi connectivity index (χ1v) is 5.03. The number of hydrogen-bond acceptors (Lipinski definition) is 3. The van der Waals surface area contributed by atoms with Crippen LogP contribution in [-0.2, 0) is 0 Å². The molecule has 80 valence electrons. The minimum Gasteiger partial charge on any atom is -0.340 e. The van der Waals surface area contributed by atoms with Crippen LogP contribution < -0.4 is 0 Å². The van der Waals surface area contributed by atoms with Gasteiger partial charge in [0.2, 0.25) is 0 Å². The number of aryl methyl sites for hydroxylation is 2. The molecule has 2 heterocycles. The number of aromatic amines is 1. The lowest BCUT2D eigenvalue weighted by Gasteiger charge is -2.07. The van der Waals surface area contributed by atoms with Crippen molar-refractivity contribution in [2.24, 2.45) is 0 Å². The number of aromatic nitrogens is 5. The first kappa shape index (κ1) is 9.89. The van der Waals surface area contributed by atoms with Crippen molar-refractivity contribution in [2.45, 2.75) is 33.7 Å². The van der Waals surface area contributed by atoms with Gasteiger partial charge in [0.1, 0.15) is 17.3 Å². The lowest BCUT2D eigenvalue weighted by atomic mass is 10.3. The van der Waals surface area contributed by atoms with Crippen molar-refractivity contribution in [3.8, 4) is 11.5 Å². The summed E-state index contributed by atoms with van der Waals surface area (Å²) in [6.07, 6.45) is 1.79. The fourth-order valence-electron chi connectivity index (χ4n) is 1.51. The summed E-state index contributed by atoms with van der Waals surface area (Å²) in [5.41, 5.74) is 0.918. The van der Waals surface area contributed by atoms with Crippen LogP contribution in [0.3, 0.4) is 0 Å². The van der Waals surface area contributed by atoms with E-state index < -0.39 is 0 Å². The zero-order valence-corrected chi connectivity index (χ0v) is 9.44. The maximum atomic E-state index is 4.40. The standard InChI is InChI=1S/C10H15N5/c1-6(2)15-10(13-8(4)14-15)9-5-11-7(3)12-9/h5-6H,1-4H3,(H,11,12). The first-order valence-electron chi connectivity index (χ1n) is 5.03. The molecule has 2 aromatic rings. The Balaban J connectivity index is 2.52. The van der Waals surface area contributed by atoms with Crippen LogP contribution in [0.2, 0.25) is 0 Å². The number of imidazole rings is 1. The Labute approximate surface area is 88.6 Å². The van der Waals surface area contributed by atoms with Crippen LogP contribution in [0.4, 0.5) is 0 Å². The van der Waals surface area contributed by atoms with E-state index in [1.165, 1.54) is 0 Å². The van der Waals surface area contributed by atoms with Crippen LogP contribution in [0.15, 0.2) is 6.20 Å². The number of nitrogens with one attached hydrogen (secondary N) is 1. The molecule has 5 heteroatoms. The van der Waals surface area contributed by atoms with Gasteiger partial charge in [0.05, 0.1) is 6.20 Å². The lowest BCUT2D eigenvalue weighted by Crippen LogP contribution is -2.05. The first-order chi connectivity index (χ1) is 7.08. The molecule has 0 amide bonds. The number of hydrogen-bond donors (Lipinski definition) is 1. The topological polar surface area (TPSA) is 59.4 Å². The Kier molecular flexibility index (Phi) is 2.30.